The van der Waals surface area contributed by atoms with Crippen LogP contribution in [0.25, 0.3) is 22.8 Å². The number of aromatic amines is 1. The molecular weight excluding hydrogens is 492 g/mol. The quantitative estimate of drug-likeness (QED) is 0.324. The molecule has 4 heterocycles. The number of H-pyrrole nitrogens is 1. The van der Waals surface area contributed by atoms with Crippen LogP contribution in [-0.2, 0) is 12.0 Å². The van der Waals surface area contributed by atoms with Gasteiger partial charge in [0.05, 0.1) is 5.41 Å². The lowest BCUT2D eigenvalue weighted by molar-refractivity contribution is 0.264. The summed E-state index contributed by atoms with van der Waals surface area (Å²) in [5.74, 6) is 3.69. The lowest BCUT2D eigenvalue weighted by Gasteiger charge is -2.32. The molecule has 1 atom stereocenters. The monoisotopic (exact) mass is 528 g/mol. The second-order valence-electron chi connectivity index (χ2n) is 12.1. The first-order valence-electron chi connectivity index (χ1n) is 14.5. The van der Waals surface area contributed by atoms with Crippen LogP contribution < -0.4 is 11.1 Å². The van der Waals surface area contributed by atoms with Crippen molar-refractivity contribution < 1.29 is 4.52 Å². The fraction of sp³-hybridized carbons (Fsp3) is 0.586. The van der Waals surface area contributed by atoms with Crippen molar-refractivity contribution in [2.24, 2.45) is 17.8 Å². The highest BCUT2D eigenvalue weighted by Crippen LogP contribution is 2.54. The fourth-order valence-corrected chi connectivity index (χ4v) is 6.57. The smallest absolute Gasteiger partial charge is 0.365 e. The molecule has 204 valence electrons. The lowest BCUT2D eigenvalue weighted by atomic mass is 9.80. The van der Waals surface area contributed by atoms with Crippen molar-refractivity contribution in [3.8, 4) is 11.6 Å². The van der Waals surface area contributed by atoms with Gasteiger partial charge in [0.1, 0.15) is 11.3 Å². The van der Waals surface area contributed by atoms with Crippen molar-refractivity contribution in [1.29, 1.82) is 0 Å². The Morgan fingerprint density at radius 2 is 1.97 bits per heavy atom. The Morgan fingerprint density at radius 3 is 2.62 bits per heavy atom. The highest BCUT2D eigenvalue weighted by atomic mass is 16.5. The van der Waals surface area contributed by atoms with Gasteiger partial charge in [-0.05, 0) is 74.8 Å². The molecule has 0 saturated heterocycles. The predicted octanol–water partition coefficient (Wildman–Crippen LogP) is 5.07. The summed E-state index contributed by atoms with van der Waals surface area (Å²) >= 11 is 0. The van der Waals surface area contributed by atoms with Crippen LogP contribution in [0, 0.1) is 17.8 Å². The number of anilines is 1. The summed E-state index contributed by atoms with van der Waals surface area (Å²) in [6, 6.07) is 4.44. The van der Waals surface area contributed by atoms with E-state index in [2.05, 4.69) is 44.9 Å². The van der Waals surface area contributed by atoms with Gasteiger partial charge in [0.25, 0.3) is 0 Å². The SMILES string of the molecule is CC1CCC(Cn2c(C3(c4cccnc4)CC3)nc3nc(-c4noc(=O)[nH]4)nc(N[C@H](C)C4CCC4)c32)CC1. The molecule has 3 aliphatic rings. The molecule has 0 unspecified atom stereocenters. The van der Waals surface area contributed by atoms with Gasteiger partial charge in [-0.3, -0.25) is 14.5 Å². The van der Waals surface area contributed by atoms with Gasteiger partial charge in [0, 0.05) is 25.0 Å². The van der Waals surface area contributed by atoms with Gasteiger partial charge in [-0.25, -0.2) is 19.7 Å². The van der Waals surface area contributed by atoms with Crippen LogP contribution in [0.4, 0.5) is 5.82 Å². The summed E-state index contributed by atoms with van der Waals surface area (Å²) in [5.41, 5.74) is 2.60. The van der Waals surface area contributed by atoms with Crippen molar-refractivity contribution >= 4 is 17.0 Å². The molecule has 39 heavy (non-hydrogen) atoms. The summed E-state index contributed by atoms with van der Waals surface area (Å²) in [4.78, 5) is 33.8. The van der Waals surface area contributed by atoms with Gasteiger partial charge in [-0.1, -0.05) is 37.4 Å². The third-order valence-corrected chi connectivity index (χ3v) is 9.44. The summed E-state index contributed by atoms with van der Waals surface area (Å²) < 4.78 is 7.20. The van der Waals surface area contributed by atoms with Crippen LogP contribution in [0.5, 0.6) is 0 Å². The average molecular weight is 529 g/mol. The van der Waals surface area contributed by atoms with Crippen LogP contribution in [0.15, 0.2) is 33.8 Å². The maximum Gasteiger partial charge on any atom is 0.439 e. The molecule has 0 aromatic carbocycles. The van der Waals surface area contributed by atoms with Gasteiger partial charge in [0.2, 0.25) is 11.6 Å². The van der Waals surface area contributed by atoms with Crippen molar-refractivity contribution in [2.75, 3.05) is 5.32 Å². The van der Waals surface area contributed by atoms with E-state index in [1.807, 2.05) is 18.5 Å². The highest BCUT2D eigenvalue weighted by molar-refractivity contribution is 5.86. The molecule has 0 aliphatic heterocycles. The van der Waals surface area contributed by atoms with Gasteiger partial charge in [0.15, 0.2) is 11.5 Å². The van der Waals surface area contributed by atoms with Crippen molar-refractivity contribution in [1.82, 2.24) is 34.6 Å². The first kappa shape index (κ1) is 24.5. The minimum absolute atomic E-state index is 0.170. The standard InChI is InChI=1S/C29H36N8O2/c1-17-8-10-19(11-9-17)16-37-22-23(31-18(2)20-5-3-6-20)32-25(26-35-28(38)39-36-26)33-24(22)34-27(37)29(12-13-29)21-7-4-14-30-15-21/h4,7,14-15,17-20H,3,5-6,8-13,16H2,1-2H3,(H,31,32,33)(H,35,36,38)/t17?,18-,19?/m1/s1. The highest BCUT2D eigenvalue weighted by Gasteiger charge is 2.50. The predicted molar refractivity (Wildman–Crippen MR) is 147 cm³/mol. The molecule has 3 fully saturated rings. The van der Waals surface area contributed by atoms with Crippen molar-refractivity contribution in [2.45, 2.75) is 89.6 Å². The zero-order valence-corrected chi connectivity index (χ0v) is 22.7. The van der Waals surface area contributed by atoms with E-state index < -0.39 is 5.76 Å². The number of pyridine rings is 1. The second-order valence-corrected chi connectivity index (χ2v) is 12.1. The average Bonchev–Trinajstić information content (AvgIpc) is 3.46. The largest absolute Gasteiger partial charge is 0.439 e. The summed E-state index contributed by atoms with van der Waals surface area (Å²) in [6.45, 7) is 5.50. The van der Waals surface area contributed by atoms with E-state index in [1.54, 1.807) is 0 Å². The molecule has 0 bridgehead atoms. The molecule has 10 heteroatoms. The lowest BCUT2D eigenvalue weighted by Crippen LogP contribution is -2.31. The zero-order chi connectivity index (χ0) is 26.6. The number of nitrogens with one attached hydrogen (secondary N) is 2. The van der Waals surface area contributed by atoms with Crippen LogP contribution in [0.3, 0.4) is 0 Å². The van der Waals surface area contributed by atoms with E-state index in [9.17, 15) is 4.79 Å². The molecule has 2 N–H and O–H groups in total. The van der Waals surface area contributed by atoms with Crippen LogP contribution in [-0.4, -0.2) is 40.7 Å². The molecule has 0 radical (unpaired) electrons. The van der Waals surface area contributed by atoms with E-state index in [0.717, 1.165) is 42.5 Å². The van der Waals surface area contributed by atoms with E-state index in [4.69, 9.17) is 19.5 Å². The Morgan fingerprint density at radius 1 is 1.15 bits per heavy atom. The van der Waals surface area contributed by atoms with Crippen LogP contribution in [0.1, 0.15) is 83.0 Å². The number of nitrogens with zero attached hydrogens (tertiary/aromatic N) is 6. The third-order valence-electron chi connectivity index (χ3n) is 9.44. The molecule has 4 aromatic heterocycles. The van der Waals surface area contributed by atoms with Gasteiger partial charge in [-0.15, -0.1) is 0 Å². The van der Waals surface area contributed by atoms with E-state index >= 15 is 0 Å². The molecule has 0 amide bonds. The molecular formula is C29H36N8O2. The number of fused-ring (bicyclic) bond motifs is 1. The summed E-state index contributed by atoms with van der Waals surface area (Å²) in [5, 5.41) is 7.61. The number of hydrogen-bond donors (Lipinski definition) is 2. The molecule has 3 aliphatic carbocycles. The van der Waals surface area contributed by atoms with Crippen molar-refractivity contribution in [3.63, 3.8) is 0 Å². The maximum atomic E-state index is 11.7. The van der Waals surface area contributed by atoms with Gasteiger partial charge < -0.3 is 9.88 Å². The third kappa shape index (κ3) is 4.43. The van der Waals surface area contributed by atoms with E-state index in [0.29, 0.717) is 23.3 Å². The van der Waals surface area contributed by atoms with E-state index in [1.165, 1.54) is 50.5 Å². The Balaban J connectivity index is 1.40. The minimum atomic E-state index is -0.628. The number of aromatic nitrogens is 7. The Kier molecular flexibility index (Phi) is 6.01. The first-order chi connectivity index (χ1) is 19.0. The number of rotatable bonds is 8. The Hall–Kier alpha value is -3.56. The summed E-state index contributed by atoms with van der Waals surface area (Å²) in [7, 11) is 0. The molecule has 0 spiro atoms. The molecule has 7 rings (SSSR count). The van der Waals surface area contributed by atoms with Gasteiger partial charge >= 0.3 is 5.76 Å². The first-order valence-corrected chi connectivity index (χ1v) is 14.5. The Labute approximate surface area is 227 Å². The van der Waals surface area contributed by atoms with Crippen LogP contribution in [0.2, 0.25) is 0 Å². The summed E-state index contributed by atoms with van der Waals surface area (Å²) in [6.07, 6.45) is 14.6. The second kappa shape index (κ2) is 9.57. The molecule has 10 nitrogen and oxygen atoms in total. The number of imidazole rings is 1. The van der Waals surface area contributed by atoms with Crippen molar-refractivity contribution in [3.05, 3.63) is 46.5 Å². The van der Waals surface area contributed by atoms with E-state index in [-0.39, 0.29) is 17.3 Å². The topological polar surface area (TPSA) is 127 Å². The minimum Gasteiger partial charge on any atom is -0.365 e. The maximum absolute atomic E-state index is 11.7. The van der Waals surface area contributed by atoms with Gasteiger partial charge in [-0.2, -0.15) is 0 Å². The molecule has 3 saturated carbocycles. The van der Waals surface area contributed by atoms with Crippen LogP contribution >= 0.6 is 0 Å². The Bertz CT molecular complexity index is 1520. The molecule has 4 aromatic rings. The number of hydrogen-bond acceptors (Lipinski definition) is 8. The normalized spacial score (nSPS) is 23.4. The zero-order valence-electron chi connectivity index (χ0n) is 22.7. The fourth-order valence-electron chi connectivity index (χ4n) is 6.57.